The number of nitrogens with one attached hydrogen (secondary N) is 1. The van der Waals surface area contributed by atoms with E-state index in [0.29, 0.717) is 34.6 Å². The zero-order valence-electron chi connectivity index (χ0n) is 14.1. The molecule has 0 saturated carbocycles. The molecule has 0 radical (unpaired) electrons. The second-order valence-electron chi connectivity index (χ2n) is 6.36. The average molecular weight is 381 g/mol. The van der Waals surface area contributed by atoms with Gasteiger partial charge in [-0.05, 0) is 49.5 Å². The number of carboxylic acid groups (broad SMARTS) is 2. The molecule has 7 nitrogen and oxygen atoms in total. The van der Waals surface area contributed by atoms with Crippen LogP contribution in [0.2, 0.25) is 5.02 Å². The van der Waals surface area contributed by atoms with Gasteiger partial charge in [-0.1, -0.05) is 17.7 Å². The molecule has 2 atom stereocenters. The molecule has 0 unspecified atom stereocenters. The molecule has 2 heterocycles. The van der Waals surface area contributed by atoms with Crippen LogP contribution in [0.25, 0.3) is 0 Å². The van der Waals surface area contributed by atoms with Crippen molar-refractivity contribution in [2.45, 2.75) is 6.42 Å². The number of nitrogens with zero attached hydrogens (tertiary/aromatic N) is 1. The molecule has 0 spiro atoms. The van der Waals surface area contributed by atoms with E-state index < -0.39 is 11.9 Å². The SMILES string of the molecule is O=C(O)/C=C/C(=O)O.O=C(c1cccc(Cl)c1)N1C[C@@H]2CNC[C@@H](C2)C1. The second kappa shape index (κ2) is 9.35. The Labute approximate surface area is 156 Å². The van der Waals surface area contributed by atoms with Gasteiger partial charge < -0.3 is 20.4 Å². The Bertz CT molecular complexity index is 679. The van der Waals surface area contributed by atoms with Gasteiger partial charge in [-0.2, -0.15) is 0 Å². The summed E-state index contributed by atoms with van der Waals surface area (Å²) in [5.41, 5.74) is 0.704. The van der Waals surface area contributed by atoms with Crippen LogP contribution in [0, 0.1) is 11.8 Å². The van der Waals surface area contributed by atoms with E-state index >= 15 is 0 Å². The molecule has 1 aromatic carbocycles. The van der Waals surface area contributed by atoms with Crippen molar-refractivity contribution in [2.24, 2.45) is 11.8 Å². The third-order valence-electron chi connectivity index (χ3n) is 4.22. The van der Waals surface area contributed by atoms with Gasteiger partial charge in [-0.15, -0.1) is 0 Å². The first-order chi connectivity index (χ1) is 12.3. The predicted octanol–water partition coefficient (Wildman–Crippen LogP) is 1.73. The number of carbonyl (C=O) groups excluding carboxylic acids is 1. The van der Waals surface area contributed by atoms with E-state index in [9.17, 15) is 14.4 Å². The van der Waals surface area contributed by atoms with Gasteiger partial charge in [0.15, 0.2) is 0 Å². The van der Waals surface area contributed by atoms with Gasteiger partial charge in [0, 0.05) is 35.8 Å². The molecule has 0 aliphatic carbocycles. The normalized spacial score (nSPS) is 21.7. The summed E-state index contributed by atoms with van der Waals surface area (Å²) in [7, 11) is 0. The summed E-state index contributed by atoms with van der Waals surface area (Å²) in [6, 6.07) is 7.23. The lowest BCUT2D eigenvalue weighted by molar-refractivity contribution is -0.134. The van der Waals surface area contributed by atoms with Gasteiger partial charge in [0.25, 0.3) is 5.91 Å². The molecule has 3 N–H and O–H groups in total. The minimum absolute atomic E-state index is 0.120. The van der Waals surface area contributed by atoms with Crippen molar-refractivity contribution in [1.82, 2.24) is 10.2 Å². The molecule has 0 aromatic heterocycles. The van der Waals surface area contributed by atoms with Crippen molar-refractivity contribution in [3.05, 3.63) is 47.0 Å². The number of amides is 1. The predicted molar refractivity (Wildman–Crippen MR) is 96.2 cm³/mol. The molecular formula is C18H21ClN2O5. The lowest BCUT2D eigenvalue weighted by Crippen LogP contribution is -2.52. The molecule has 1 amide bonds. The van der Waals surface area contributed by atoms with E-state index in [4.69, 9.17) is 21.8 Å². The number of piperidine rings is 2. The van der Waals surface area contributed by atoms with Gasteiger partial charge in [0.2, 0.25) is 0 Å². The first-order valence-corrected chi connectivity index (χ1v) is 8.62. The first kappa shape index (κ1) is 19.9. The lowest BCUT2D eigenvalue weighted by atomic mass is 9.85. The number of fused-ring (bicyclic) bond motifs is 2. The zero-order chi connectivity index (χ0) is 19.1. The average Bonchev–Trinajstić information content (AvgIpc) is 2.59. The number of rotatable bonds is 3. The Balaban J connectivity index is 0.000000260. The molecule has 2 aliphatic heterocycles. The molecule has 3 rings (SSSR count). The van der Waals surface area contributed by atoms with Crippen molar-refractivity contribution in [3.8, 4) is 0 Å². The fourth-order valence-electron chi connectivity index (χ4n) is 3.22. The highest BCUT2D eigenvalue weighted by Crippen LogP contribution is 2.26. The van der Waals surface area contributed by atoms with Crippen molar-refractivity contribution in [3.63, 3.8) is 0 Å². The molecular weight excluding hydrogens is 360 g/mol. The highest BCUT2D eigenvalue weighted by Gasteiger charge is 2.32. The van der Waals surface area contributed by atoms with Gasteiger partial charge >= 0.3 is 11.9 Å². The standard InChI is InChI=1S/C14H17ClN2O.C4H4O4/c15-13-3-1-2-12(5-13)14(18)17-8-10-4-11(9-17)7-16-6-10;5-3(6)1-2-4(7)8/h1-3,5,10-11,16H,4,6-9H2;1-2H,(H,5,6)(H,7,8)/b;2-1+/t10-,11+;. The van der Waals surface area contributed by atoms with Gasteiger partial charge in [-0.25, -0.2) is 9.59 Å². The number of aliphatic carboxylic acids is 2. The fourth-order valence-corrected chi connectivity index (χ4v) is 3.41. The van der Waals surface area contributed by atoms with E-state index in [1.165, 1.54) is 6.42 Å². The van der Waals surface area contributed by atoms with Crippen LogP contribution < -0.4 is 5.32 Å². The topological polar surface area (TPSA) is 107 Å². The molecule has 2 aliphatic rings. The smallest absolute Gasteiger partial charge is 0.328 e. The summed E-state index contributed by atoms with van der Waals surface area (Å²) in [4.78, 5) is 33.5. The maximum absolute atomic E-state index is 12.4. The monoisotopic (exact) mass is 380 g/mol. The van der Waals surface area contributed by atoms with E-state index in [1.807, 2.05) is 17.0 Å². The fraction of sp³-hybridized carbons (Fsp3) is 0.389. The van der Waals surface area contributed by atoms with E-state index in [2.05, 4.69) is 5.32 Å². The highest BCUT2D eigenvalue weighted by molar-refractivity contribution is 6.30. The quantitative estimate of drug-likeness (QED) is 0.689. The Morgan fingerprint density at radius 3 is 2.15 bits per heavy atom. The van der Waals surface area contributed by atoms with Crippen LogP contribution in [0.5, 0.6) is 0 Å². The van der Waals surface area contributed by atoms with Gasteiger partial charge in [-0.3, -0.25) is 4.79 Å². The number of hydrogen-bond donors (Lipinski definition) is 3. The maximum atomic E-state index is 12.4. The van der Waals surface area contributed by atoms with Gasteiger partial charge in [0.05, 0.1) is 0 Å². The molecule has 2 fully saturated rings. The van der Waals surface area contributed by atoms with E-state index in [0.717, 1.165) is 26.2 Å². The summed E-state index contributed by atoms with van der Waals surface area (Å²) in [5, 5.41) is 19.7. The summed E-state index contributed by atoms with van der Waals surface area (Å²) in [6.07, 6.45) is 2.37. The Hall–Kier alpha value is -2.38. The number of carbonyl (C=O) groups is 3. The van der Waals surface area contributed by atoms with Crippen LogP contribution in [0.4, 0.5) is 0 Å². The summed E-state index contributed by atoms with van der Waals surface area (Å²) in [6.45, 7) is 3.81. The van der Waals surface area contributed by atoms with Crippen LogP contribution in [0.3, 0.4) is 0 Å². The van der Waals surface area contributed by atoms with E-state index in [-0.39, 0.29) is 5.91 Å². The summed E-state index contributed by atoms with van der Waals surface area (Å²) < 4.78 is 0. The minimum atomic E-state index is -1.26. The van der Waals surface area contributed by atoms with Crippen molar-refractivity contribution >= 4 is 29.4 Å². The number of hydrogen-bond acceptors (Lipinski definition) is 4. The molecule has 26 heavy (non-hydrogen) atoms. The largest absolute Gasteiger partial charge is 0.478 e. The molecule has 2 saturated heterocycles. The Kier molecular flexibility index (Phi) is 7.17. The lowest BCUT2D eigenvalue weighted by Gasteiger charge is -2.41. The number of halogens is 1. The van der Waals surface area contributed by atoms with Gasteiger partial charge in [0.1, 0.15) is 0 Å². The van der Waals surface area contributed by atoms with Crippen LogP contribution in [-0.2, 0) is 9.59 Å². The summed E-state index contributed by atoms with van der Waals surface area (Å²) >= 11 is 5.94. The molecule has 2 bridgehead atoms. The first-order valence-electron chi connectivity index (χ1n) is 8.24. The van der Waals surface area contributed by atoms with Crippen LogP contribution in [0.15, 0.2) is 36.4 Å². The third-order valence-corrected chi connectivity index (χ3v) is 4.45. The van der Waals surface area contributed by atoms with Crippen LogP contribution in [-0.4, -0.2) is 59.1 Å². The maximum Gasteiger partial charge on any atom is 0.328 e. The van der Waals surface area contributed by atoms with Crippen molar-refractivity contribution < 1.29 is 24.6 Å². The third kappa shape index (κ3) is 6.16. The minimum Gasteiger partial charge on any atom is -0.478 e. The van der Waals surface area contributed by atoms with Crippen LogP contribution in [0.1, 0.15) is 16.8 Å². The Morgan fingerprint density at radius 1 is 1.08 bits per heavy atom. The number of likely N-dealkylation sites (tertiary alicyclic amines) is 1. The molecule has 140 valence electrons. The zero-order valence-corrected chi connectivity index (χ0v) is 14.9. The Morgan fingerprint density at radius 2 is 1.65 bits per heavy atom. The summed E-state index contributed by atoms with van der Waals surface area (Å²) in [5.74, 6) is -1.17. The van der Waals surface area contributed by atoms with Crippen molar-refractivity contribution in [1.29, 1.82) is 0 Å². The van der Waals surface area contributed by atoms with Crippen molar-refractivity contribution in [2.75, 3.05) is 26.2 Å². The van der Waals surface area contributed by atoms with Crippen LogP contribution >= 0.6 is 11.6 Å². The number of benzene rings is 1. The second-order valence-corrected chi connectivity index (χ2v) is 6.79. The highest BCUT2D eigenvalue weighted by atomic mass is 35.5. The number of carboxylic acids is 2. The van der Waals surface area contributed by atoms with E-state index in [1.54, 1.807) is 12.1 Å². The molecule has 1 aromatic rings. The molecule has 8 heteroatoms.